The monoisotopic (exact) mass is 439 g/mol. The predicted octanol–water partition coefficient (Wildman–Crippen LogP) is 6.30. The molecule has 1 amide bonds. The van der Waals surface area contributed by atoms with E-state index in [0.29, 0.717) is 27.8 Å². The average molecular weight is 440 g/mol. The average Bonchev–Trinajstić information content (AvgIpc) is 3.18. The zero-order chi connectivity index (χ0) is 20.2. The first-order valence-corrected chi connectivity index (χ1v) is 11.3. The SMILES string of the molecule is CCSc1ccccc1C(=O)N(Cc1ccccn1)c1nc2c(Cl)cccc2s1. The molecule has 0 atom stereocenters. The molecule has 0 aliphatic rings. The molecule has 0 aliphatic carbocycles. The zero-order valence-electron chi connectivity index (χ0n) is 15.7. The number of thiazole rings is 1. The van der Waals surface area contributed by atoms with Crippen LogP contribution in [0, 0.1) is 0 Å². The van der Waals surface area contributed by atoms with Crippen molar-refractivity contribution in [3.05, 3.63) is 83.1 Å². The molecule has 4 rings (SSSR count). The summed E-state index contributed by atoms with van der Waals surface area (Å²) in [6, 6.07) is 19.1. The number of fused-ring (bicyclic) bond motifs is 1. The molecule has 7 heteroatoms. The number of carbonyl (C=O) groups is 1. The molecule has 2 heterocycles. The van der Waals surface area contributed by atoms with Gasteiger partial charge in [0, 0.05) is 11.1 Å². The number of anilines is 1. The molecule has 0 saturated heterocycles. The lowest BCUT2D eigenvalue weighted by molar-refractivity contribution is 0.0982. The van der Waals surface area contributed by atoms with Crippen LogP contribution in [0.5, 0.6) is 0 Å². The molecule has 4 aromatic rings. The zero-order valence-corrected chi connectivity index (χ0v) is 18.1. The molecule has 0 unspecified atom stereocenters. The van der Waals surface area contributed by atoms with Crippen LogP contribution in [0.4, 0.5) is 5.13 Å². The number of rotatable bonds is 6. The molecule has 0 N–H and O–H groups in total. The normalized spacial score (nSPS) is 11.0. The number of nitrogens with zero attached hydrogens (tertiary/aromatic N) is 3. The van der Waals surface area contributed by atoms with Crippen molar-refractivity contribution in [3.8, 4) is 0 Å². The summed E-state index contributed by atoms with van der Waals surface area (Å²) in [5, 5.41) is 1.19. The van der Waals surface area contributed by atoms with Gasteiger partial charge in [0.25, 0.3) is 5.91 Å². The second kappa shape index (κ2) is 8.95. The Morgan fingerprint density at radius 2 is 1.93 bits per heavy atom. The summed E-state index contributed by atoms with van der Waals surface area (Å²) < 4.78 is 0.947. The van der Waals surface area contributed by atoms with Crippen LogP contribution in [0.3, 0.4) is 0 Å². The summed E-state index contributed by atoms with van der Waals surface area (Å²) in [5.74, 6) is 0.795. The van der Waals surface area contributed by atoms with Gasteiger partial charge in [0.1, 0.15) is 5.52 Å². The quantitative estimate of drug-likeness (QED) is 0.330. The second-order valence-corrected chi connectivity index (χ2v) is 8.95. The van der Waals surface area contributed by atoms with Crippen molar-refractivity contribution in [2.24, 2.45) is 0 Å². The van der Waals surface area contributed by atoms with Crippen LogP contribution in [-0.4, -0.2) is 21.6 Å². The molecule has 4 nitrogen and oxygen atoms in total. The Labute approximate surface area is 182 Å². The summed E-state index contributed by atoms with van der Waals surface area (Å²) in [5.41, 5.74) is 2.18. The standard InChI is InChI=1S/C22H18ClN3OS2/c1-2-28-18-11-4-3-9-16(18)21(27)26(14-15-8-5-6-13-24-15)22-25-20-17(23)10-7-12-19(20)29-22/h3-13H,2,14H2,1H3. The van der Waals surface area contributed by atoms with Crippen LogP contribution in [0.1, 0.15) is 23.0 Å². The van der Waals surface area contributed by atoms with Crippen LogP contribution < -0.4 is 4.90 Å². The Hall–Kier alpha value is -2.41. The molecular formula is C22H18ClN3OS2. The maximum atomic E-state index is 13.6. The molecular weight excluding hydrogens is 422 g/mol. The number of carbonyl (C=O) groups excluding carboxylic acids is 1. The summed E-state index contributed by atoms with van der Waals surface area (Å²) in [6.07, 6.45) is 1.73. The van der Waals surface area contributed by atoms with Crippen molar-refractivity contribution in [1.29, 1.82) is 0 Å². The highest BCUT2D eigenvalue weighted by Gasteiger charge is 2.24. The summed E-state index contributed by atoms with van der Waals surface area (Å²) >= 11 is 9.43. The Kier molecular flexibility index (Phi) is 6.13. The third-order valence-electron chi connectivity index (χ3n) is 4.30. The fraction of sp³-hybridized carbons (Fsp3) is 0.136. The van der Waals surface area contributed by atoms with E-state index < -0.39 is 0 Å². The third-order valence-corrected chi connectivity index (χ3v) is 6.60. The van der Waals surface area contributed by atoms with Gasteiger partial charge >= 0.3 is 0 Å². The first-order chi connectivity index (χ1) is 14.2. The van der Waals surface area contributed by atoms with Crippen molar-refractivity contribution in [1.82, 2.24) is 9.97 Å². The second-order valence-electron chi connectivity index (χ2n) is 6.22. The van der Waals surface area contributed by atoms with E-state index >= 15 is 0 Å². The number of thioether (sulfide) groups is 1. The fourth-order valence-electron chi connectivity index (χ4n) is 2.97. The van der Waals surface area contributed by atoms with E-state index in [4.69, 9.17) is 11.6 Å². The van der Waals surface area contributed by atoms with Gasteiger partial charge < -0.3 is 0 Å². The molecule has 0 aliphatic heterocycles. The molecule has 2 aromatic carbocycles. The molecule has 0 bridgehead atoms. The van der Waals surface area contributed by atoms with Gasteiger partial charge in [-0.2, -0.15) is 0 Å². The number of hydrogen-bond donors (Lipinski definition) is 0. The lowest BCUT2D eigenvalue weighted by Crippen LogP contribution is -2.31. The summed E-state index contributed by atoms with van der Waals surface area (Å²) in [6.45, 7) is 2.41. The predicted molar refractivity (Wildman–Crippen MR) is 122 cm³/mol. The van der Waals surface area contributed by atoms with Gasteiger partial charge in [0.2, 0.25) is 0 Å². The molecule has 146 valence electrons. The van der Waals surface area contributed by atoms with Crippen LogP contribution in [0.15, 0.2) is 71.8 Å². The van der Waals surface area contributed by atoms with E-state index in [0.717, 1.165) is 21.0 Å². The first-order valence-electron chi connectivity index (χ1n) is 9.16. The van der Waals surface area contributed by atoms with Crippen molar-refractivity contribution in [3.63, 3.8) is 0 Å². The van der Waals surface area contributed by atoms with E-state index in [1.54, 1.807) is 22.9 Å². The summed E-state index contributed by atoms with van der Waals surface area (Å²) in [4.78, 5) is 25.4. The van der Waals surface area contributed by atoms with Gasteiger partial charge in [0.05, 0.1) is 27.5 Å². The number of para-hydroxylation sites is 1. The maximum Gasteiger partial charge on any atom is 0.261 e. The highest BCUT2D eigenvalue weighted by molar-refractivity contribution is 7.99. The number of halogens is 1. The van der Waals surface area contributed by atoms with Crippen LogP contribution in [0.25, 0.3) is 10.2 Å². The van der Waals surface area contributed by atoms with Crippen LogP contribution >= 0.6 is 34.7 Å². The Balaban J connectivity index is 1.79. The highest BCUT2D eigenvalue weighted by atomic mass is 35.5. The molecule has 0 saturated carbocycles. The molecule has 0 radical (unpaired) electrons. The lowest BCUT2D eigenvalue weighted by atomic mass is 10.2. The third kappa shape index (κ3) is 4.29. The molecule has 0 fully saturated rings. The lowest BCUT2D eigenvalue weighted by Gasteiger charge is -2.21. The smallest absolute Gasteiger partial charge is 0.261 e. The van der Waals surface area contributed by atoms with E-state index in [-0.39, 0.29) is 5.91 Å². The van der Waals surface area contributed by atoms with Gasteiger partial charge in [-0.1, -0.05) is 54.1 Å². The van der Waals surface area contributed by atoms with Crippen molar-refractivity contribution >= 4 is 56.0 Å². The van der Waals surface area contributed by atoms with Gasteiger partial charge in [-0.25, -0.2) is 4.98 Å². The van der Waals surface area contributed by atoms with Crippen LogP contribution in [-0.2, 0) is 6.54 Å². The highest BCUT2D eigenvalue weighted by Crippen LogP contribution is 2.35. The van der Waals surface area contributed by atoms with Crippen LogP contribution in [0.2, 0.25) is 5.02 Å². The minimum atomic E-state index is -0.0950. The van der Waals surface area contributed by atoms with Gasteiger partial charge in [-0.3, -0.25) is 14.7 Å². The fourth-order valence-corrected chi connectivity index (χ4v) is 5.03. The molecule has 2 aromatic heterocycles. The molecule has 29 heavy (non-hydrogen) atoms. The van der Waals surface area contributed by atoms with Gasteiger partial charge in [0.15, 0.2) is 5.13 Å². The van der Waals surface area contributed by atoms with Crippen molar-refractivity contribution in [2.45, 2.75) is 18.4 Å². The minimum absolute atomic E-state index is 0.0950. The van der Waals surface area contributed by atoms with E-state index in [1.807, 2.05) is 60.7 Å². The van der Waals surface area contributed by atoms with E-state index in [1.165, 1.54) is 11.3 Å². The van der Waals surface area contributed by atoms with Crippen molar-refractivity contribution in [2.75, 3.05) is 10.7 Å². The van der Waals surface area contributed by atoms with Gasteiger partial charge in [-0.05, 0) is 42.2 Å². The number of aromatic nitrogens is 2. The topological polar surface area (TPSA) is 46.1 Å². The maximum absolute atomic E-state index is 13.6. The minimum Gasteiger partial charge on any atom is -0.278 e. The number of hydrogen-bond acceptors (Lipinski definition) is 5. The Bertz CT molecular complexity index is 1150. The van der Waals surface area contributed by atoms with E-state index in [9.17, 15) is 4.79 Å². The Morgan fingerprint density at radius 3 is 2.69 bits per heavy atom. The largest absolute Gasteiger partial charge is 0.278 e. The number of pyridine rings is 1. The summed E-state index contributed by atoms with van der Waals surface area (Å²) in [7, 11) is 0. The van der Waals surface area contributed by atoms with E-state index in [2.05, 4.69) is 16.9 Å². The number of benzene rings is 2. The first kappa shape index (κ1) is 19.9. The Morgan fingerprint density at radius 1 is 1.10 bits per heavy atom. The van der Waals surface area contributed by atoms with Gasteiger partial charge in [-0.15, -0.1) is 11.8 Å². The van der Waals surface area contributed by atoms with Crippen molar-refractivity contribution < 1.29 is 4.79 Å². The number of amides is 1. The molecule has 0 spiro atoms.